The Kier molecular flexibility index (Phi) is 6.36. The standard InChI is InChI=1S/C23H24N6O2S/c1-23(2,3)18-12-19(29(28-18)22-24-10-7-11-25-22)27-20(30)15-32-14-17-13-31-21(26-17)16-8-5-4-6-9-16/h4-13H,14-15H2,1-3H3,(H,27,30). The van der Waals surface area contributed by atoms with Gasteiger partial charge < -0.3 is 9.73 Å². The molecular weight excluding hydrogens is 424 g/mol. The molecule has 1 N–H and O–H groups in total. The minimum Gasteiger partial charge on any atom is -0.444 e. The Morgan fingerprint density at radius 3 is 2.59 bits per heavy atom. The number of rotatable bonds is 7. The Morgan fingerprint density at radius 1 is 1.12 bits per heavy atom. The summed E-state index contributed by atoms with van der Waals surface area (Å²) in [6.07, 6.45) is 4.92. The zero-order valence-electron chi connectivity index (χ0n) is 18.1. The second-order valence-corrected chi connectivity index (χ2v) is 9.16. The molecule has 0 aliphatic rings. The first-order valence-corrected chi connectivity index (χ1v) is 11.3. The van der Waals surface area contributed by atoms with Gasteiger partial charge in [-0.25, -0.2) is 15.0 Å². The van der Waals surface area contributed by atoms with Crippen molar-refractivity contribution in [2.45, 2.75) is 31.9 Å². The largest absolute Gasteiger partial charge is 0.444 e. The third-order valence-electron chi connectivity index (χ3n) is 4.54. The molecule has 4 aromatic rings. The summed E-state index contributed by atoms with van der Waals surface area (Å²) in [5, 5.41) is 7.55. The number of hydrogen-bond donors (Lipinski definition) is 1. The van der Waals surface area contributed by atoms with Crippen LogP contribution < -0.4 is 5.32 Å². The zero-order valence-corrected chi connectivity index (χ0v) is 19.0. The van der Waals surface area contributed by atoms with Crippen molar-refractivity contribution < 1.29 is 9.21 Å². The Balaban J connectivity index is 1.39. The maximum atomic E-state index is 12.6. The molecule has 8 nitrogen and oxygen atoms in total. The first kappa shape index (κ1) is 21.8. The van der Waals surface area contributed by atoms with E-state index in [1.807, 2.05) is 36.4 Å². The van der Waals surface area contributed by atoms with E-state index in [0.717, 1.165) is 17.0 Å². The van der Waals surface area contributed by atoms with Crippen LogP contribution in [0.1, 0.15) is 32.2 Å². The van der Waals surface area contributed by atoms with Crippen molar-refractivity contribution in [3.05, 3.63) is 72.5 Å². The second kappa shape index (κ2) is 9.35. The van der Waals surface area contributed by atoms with E-state index in [4.69, 9.17) is 4.42 Å². The van der Waals surface area contributed by atoms with Crippen LogP contribution >= 0.6 is 11.8 Å². The molecule has 32 heavy (non-hydrogen) atoms. The minimum atomic E-state index is -0.183. The number of nitrogens with zero attached hydrogens (tertiary/aromatic N) is 5. The quantitative estimate of drug-likeness (QED) is 0.445. The first-order chi connectivity index (χ1) is 15.4. The molecule has 0 radical (unpaired) electrons. The highest BCUT2D eigenvalue weighted by atomic mass is 32.2. The molecular formula is C23H24N6O2S. The van der Waals surface area contributed by atoms with Crippen LogP contribution in [0.25, 0.3) is 17.4 Å². The molecule has 0 spiro atoms. The number of oxazole rings is 1. The number of nitrogens with one attached hydrogen (secondary N) is 1. The Bertz CT molecular complexity index is 1180. The van der Waals surface area contributed by atoms with Gasteiger partial charge in [0.2, 0.25) is 11.8 Å². The van der Waals surface area contributed by atoms with Crippen LogP contribution in [0.2, 0.25) is 0 Å². The summed E-state index contributed by atoms with van der Waals surface area (Å²) in [7, 11) is 0. The fourth-order valence-electron chi connectivity index (χ4n) is 2.90. The average Bonchev–Trinajstić information content (AvgIpc) is 3.42. The smallest absolute Gasteiger partial charge is 0.252 e. The van der Waals surface area contributed by atoms with Crippen LogP contribution in [0, 0.1) is 0 Å². The summed E-state index contributed by atoms with van der Waals surface area (Å²) in [4.78, 5) is 25.6. The highest BCUT2D eigenvalue weighted by Gasteiger charge is 2.22. The lowest BCUT2D eigenvalue weighted by molar-refractivity contribution is -0.113. The second-order valence-electron chi connectivity index (χ2n) is 8.18. The van der Waals surface area contributed by atoms with Crippen LogP contribution in [0.3, 0.4) is 0 Å². The van der Waals surface area contributed by atoms with Gasteiger partial charge in [0.25, 0.3) is 5.95 Å². The van der Waals surface area contributed by atoms with E-state index in [1.54, 1.807) is 29.4 Å². The van der Waals surface area contributed by atoms with Crippen LogP contribution in [-0.2, 0) is 16.0 Å². The van der Waals surface area contributed by atoms with Gasteiger partial charge in [-0.15, -0.1) is 11.8 Å². The van der Waals surface area contributed by atoms with Crippen molar-refractivity contribution >= 4 is 23.5 Å². The maximum absolute atomic E-state index is 12.6. The molecule has 0 aliphatic heterocycles. The molecule has 0 aliphatic carbocycles. The lowest BCUT2D eigenvalue weighted by atomic mass is 9.92. The Labute approximate surface area is 190 Å². The summed E-state index contributed by atoms with van der Waals surface area (Å²) >= 11 is 1.46. The van der Waals surface area contributed by atoms with Crippen molar-refractivity contribution in [2.75, 3.05) is 11.1 Å². The minimum absolute atomic E-state index is 0.140. The van der Waals surface area contributed by atoms with Gasteiger partial charge in [0.15, 0.2) is 0 Å². The number of benzene rings is 1. The predicted octanol–water partition coefficient (Wildman–Crippen LogP) is 4.49. The van der Waals surface area contributed by atoms with Gasteiger partial charge in [-0.1, -0.05) is 39.0 Å². The normalized spacial score (nSPS) is 11.5. The number of aromatic nitrogens is 5. The van der Waals surface area contributed by atoms with Crippen LogP contribution in [-0.4, -0.2) is 36.4 Å². The van der Waals surface area contributed by atoms with E-state index in [1.165, 1.54) is 11.8 Å². The molecule has 164 valence electrons. The first-order valence-electron chi connectivity index (χ1n) is 10.2. The number of amides is 1. The van der Waals surface area contributed by atoms with Crippen molar-refractivity contribution in [2.24, 2.45) is 0 Å². The molecule has 1 aromatic carbocycles. The Morgan fingerprint density at radius 2 is 1.88 bits per heavy atom. The molecule has 0 bridgehead atoms. The molecule has 9 heteroatoms. The molecule has 4 rings (SSSR count). The third kappa shape index (κ3) is 5.23. The van der Waals surface area contributed by atoms with Gasteiger partial charge in [-0.2, -0.15) is 9.78 Å². The molecule has 3 aromatic heterocycles. The summed E-state index contributed by atoms with van der Waals surface area (Å²) in [5.74, 6) is 2.21. The van der Waals surface area contributed by atoms with Gasteiger partial charge in [-0.05, 0) is 18.2 Å². The SMILES string of the molecule is CC(C)(C)c1cc(NC(=O)CSCc2coc(-c3ccccc3)n2)n(-c2ncccn2)n1. The van der Waals surface area contributed by atoms with Gasteiger partial charge >= 0.3 is 0 Å². The molecule has 3 heterocycles. The van der Waals surface area contributed by atoms with Crippen molar-refractivity contribution in [3.8, 4) is 17.4 Å². The monoisotopic (exact) mass is 448 g/mol. The fourth-order valence-corrected chi connectivity index (χ4v) is 3.60. The van der Waals surface area contributed by atoms with Gasteiger partial charge in [-0.3, -0.25) is 4.79 Å². The molecule has 0 fully saturated rings. The van der Waals surface area contributed by atoms with E-state index in [-0.39, 0.29) is 17.1 Å². The van der Waals surface area contributed by atoms with Gasteiger partial charge in [0.1, 0.15) is 12.1 Å². The van der Waals surface area contributed by atoms with Crippen LogP contribution in [0.15, 0.2) is 65.5 Å². The van der Waals surface area contributed by atoms with E-state index < -0.39 is 0 Å². The van der Waals surface area contributed by atoms with E-state index in [9.17, 15) is 4.79 Å². The fraction of sp³-hybridized carbons (Fsp3) is 0.261. The number of hydrogen-bond acceptors (Lipinski definition) is 7. The topological polar surface area (TPSA) is 98.7 Å². The number of thioether (sulfide) groups is 1. The molecule has 0 saturated heterocycles. The molecule has 0 unspecified atom stereocenters. The average molecular weight is 449 g/mol. The lowest BCUT2D eigenvalue weighted by Crippen LogP contribution is -2.18. The van der Waals surface area contributed by atoms with Crippen molar-refractivity contribution in [1.29, 1.82) is 0 Å². The number of carbonyl (C=O) groups excluding carboxylic acids is 1. The highest BCUT2D eigenvalue weighted by molar-refractivity contribution is 7.99. The van der Waals surface area contributed by atoms with Crippen molar-refractivity contribution in [3.63, 3.8) is 0 Å². The Hall–Kier alpha value is -3.46. The van der Waals surface area contributed by atoms with Crippen molar-refractivity contribution in [1.82, 2.24) is 24.7 Å². The summed E-state index contributed by atoms with van der Waals surface area (Å²) in [6.45, 7) is 6.19. The van der Waals surface area contributed by atoms with Crippen LogP contribution in [0.4, 0.5) is 5.82 Å². The van der Waals surface area contributed by atoms with E-state index in [0.29, 0.717) is 23.4 Å². The summed E-state index contributed by atoms with van der Waals surface area (Å²) < 4.78 is 7.12. The third-order valence-corrected chi connectivity index (χ3v) is 5.51. The van der Waals surface area contributed by atoms with E-state index in [2.05, 4.69) is 46.1 Å². The molecule has 0 saturated carbocycles. The predicted molar refractivity (Wildman–Crippen MR) is 125 cm³/mol. The molecule has 1 amide bonds. The van der Waals surface area contributed by atoms with Gasteiger partial charge in [0, 0.05) is 35.2 Å². The summed E-state index contributed by atoms with van der Waals surface area (Å²) in [6, 6.07) is 13.3. The van der Waals surface area contributed by atoms with Gasteiger partial charge in [0.05, 0.1) is 17.1 Å². The molecule has 0 atom stereocenters. The lowest BCUT2D eigenvalue weighted by Gasteiger charge is -2.13. The van der Waals surface area contributed by atoms with Crippen LogP contribution in [0.5, 0.6) is 0 Å². The zero-order chi connectivity index (χ0) is 22.6. The number of anilines is 1. The maximum Gasteiger partial charge on any atom is 0.252 e. The summed E-state index contributed by atoms with van der Waals surface area (Å²) in [5.41, 5.74) is 2.37. The van der Waals surface area contributed by atoms with E-state index >= 15 is 0 Å². The number of carbonyl (C=O) groups is 1. The highest BCUT2D eigenvalue weighted by Crippen LogP contribution is 2.26.